The quantitative estimate of drug-likeness (QED) is 0.0615. The number of halogens is 17. The Morgan fingerprint density at radius 3 is 1.06 bits per heavy atom. The number of carbonyl (C=O) groups is 4. The molecule has 4 unspecified atom stereocenters. The number of carbonyl (C=O) groups excluding carboxylic acids is 4. The summed E-state index contributed by atoms with van der Waals surface area (Å²) in [5.74, 6) is -13.4. The fourth-order valence-electron chi connectivity index (χ4n) is 12.8. The van der Waals surface area contributed by atoms with Crippen LogP contribution >= 0.6 is 58.6 Å². The highest BCUT2D eigenvalue weighted by Gasteiger charge is 2.43. The predicted molar refractivity (Wildman–Crippen MR) is 456 cm³/mol. The van der Waals surface area contributed by atoms with Crippen molar-refractivity contribution in [2.75, 3.05) is 13.7 Å². The first-order valence-electron chi connectivity index (χ1n) is 37.7. The highest BCUT2D eigenvalue weighted by atomic mass is 35.5. The minimum Gasteiger partial charge on any atom is -0.493 e. The zero-order valence-electron chi connectivity index (χ0n) is 66.3. The molecule has 0 spiro atoms. The smallest absolute Gasteiger partial charge is 0.387 e. The number of rotatable bonds is 21. The van der Waals surface area contributed by atoms with E-state index in [1.165, 1.54) is 133 Å². The summed E-state index contributed by atoms with van der Waals surface area (Å²) in [6.07, 6.45) is 0. The molecule has 16 rings (SSSR count). The second-order valence-corrected chi connectivity index (χ2v) is 31.7. The van der Waals surface area contributed by atoms with Crippen molar-refractivity contribution < 1.29 is 113 Å². The molecule has 39 heteroatoms. The fraction of sp³-hybridized carbons (Fsp3) is 0.110. The number of amides is 4. The normalized spacial score (nSPS) is 15.5. The molecule has 0 fully saturated rings. The minimum atomic E-state index is -3.17. The van der Waals surface area contributed by atoms with Gasteiger partial charge >= 0.3 is 19.8 Å². The maximum absolute atomic E-state index is 14.5. The number of hydrogen-bond donors (Lipinski definition) is 0. The molecule has 12 aromatic carbocycles. The Morgan fingerprint density at radius 1 is 0.377 bits per heavy atom. The predicted octanol–water partition coefficient (Wildman–Crippen LogP) is 23.8. The number of thioether (sulfide) groups is 4. The van der Waals surface area contributed by atoms with Crippen LogP contribution in [-0.4, -0.2) is 97.4 Å². The fourth-order valence-corrected chi connectivity index (χ4v) is 17.7. The Labute approximate surface area is 750 Å². The number of hydrazone groups is 4. The van der Waals surface area contributed by atoms with Gasteiger partial charge in [0.25, 0.3) is 23.6 Å². The van der Waals surface area contributed by atoms with Gasteiger partial charge in [0.2, 0.25) is 0 Å². The van der Waals surface area contributed by atoms with E-state index in [-0.39, 0.29) is 57.4 Å². The zero-order valence-corrected chi connectivity index (χ0v) is 70.4. The summed E-state index contributed by atoms with van der Waals surface area (Å²) in [4.78, 5) is 53.0. The van der Waals surface area contributed by atoms with Gasteiger partial charge < -0.3 is 23.7 Å². The molecule has 4 atom stereocenters. The molecule has 0 aliphatic carbocycles. The molecular weight excluding hydrogens is 1830 g/mol. The first-order valence-corrected chi connectivity index (χ1v) is 41.6. The van der Waals surface area contributed by atoms with Gasteiger partial charge in [0, 0.05) is 84.9 Å². The number of nitriles is 1. The van der Waals surface area contributed by atoms with Gasteiger partial charge in [0.1, 0.15) is 134 Å². The Balaban J connectivity index is 0.000000148. The third-order valence-electron chi connectivity index (χ3n) is 18.6. The van der Waals surface area contributed by atoms with Gasteiger partial charge in [0.05, 0.1) is 7.11 Å². The van der Waals surface area contributed by atoms with E-state index >= 15 is 0 Å². The summed E-state index contributed by atoms with van der Waals surface area (Å²) in [5.41, 5.74) is 2.46. The lowest BCUT2D eigenvalue weighted by Gasteiger charge is -2.24. The molecule has 0 saturated heterocycles. The summed E-state index contributed by atoms with van der Waals surface area (Å²) in [7, 11) is 1.40. The van der Waals surface area contributed by atoms with Crippen molar-refractivity contribution in [3.8, 4) is 34.8 Å². The van der Waals surface area contributed by atoms with E-state index in [2.05, 4.69) is 34.6 Å². The van der Waals surface area contributed by atoms with Crippen molar-refractivity contribution in [1.82, 2.24) is 20.0 Å². The Morgan fingerprint density at radius 2 is 0.700 bits per heavy atom. The zero-order chi connectivity index (χ0) is 92.7. The minimum absolute atomic E-state index is 0.0341. The lowest BCUT2D eigenvalue weighted by atomic mass is 10.1. The second-order valence-electron chi connectivity index (χ2n) is 27.0. The largest absolute Gasteiger partial charge is 0.493 e. The molecule has 4 aliphatic heterocycles. The number of aryl methyl sites for hydroxylation is 1. The lowest BCUT2D eigenvalue weighted by molar-refractivity contribution is -0.0514. The average molecular weight is 1890 g/mol. The van der Waals surface area contributed by atoms with Gasteiger partial charge in [-0.05, 0) is 146 Å². The van der Waals surface area contributed by atoms with Crippen molar-refractivity contribution in [1.29, 1.82) is 5.26 Å². The number of alkyl halides is 6. The van der Waals surface area contributed by atoms with Crippen LogP contribution in [0.5, 0.6) is 28.7 Å². The molecule has 664 valence electrons. The van der Waals surface area contributed by atoms with Crippen LogP contribution in [-0.2, 0) is 0 Å². The third kappa shape index (κ3) is 22.3. The molecule has 4 aliphatic rings. The van der Waals surface area contributed by atoms with Crippen LogP contribution in [0.25, 0.3) is 0 Å². The molecule has 0 saturated carbocycles. The van der Waals surface area contributed by atoms with Crippen LogP contribution in [0, 0.1) is 76.4 Å². The third-order valence-corrected chi connectivity index (χ3v) is 23.8. The van der Waals surface area contributed by atoms with Crippen LogP contribution in [0.3, 0.4) is 0 Å². The van der Waals surface area contributed by atoms with Gasteiger partial charge in [0.15, 0.2) is 18.1 Å². The SMILES string of the molecule is COc1cccc(C2SC(c3ccc(Cl)cc3)=NN2C(=O)c2c(F)cc(F)cc2F)c1OCC#N.Cc1ccccc1C(=O)N1N=C(c2ccc(F)cc2)SC1c1ccccc1OC(F)F.O=C(c1c(F)cc(F)cc1F)N1N=C(c2ccc(F)cc2)SC1c1ccccc1OC(F)F.O=C(c1cccc(F)c1)N1N=C(c2ccc(F)cc2)SC1c1ccccc1OC(F)F. The molecule has 4 heterocycles. The van der Waals surface area contributed by atoms with E-state index in [1.54, 1.807) is 97.1 Å². The topological polar surface area (TPSA) is 201 Å². The van der Waals surface area contributed by atoms with Crippen molar-refractivity contribution >= 4 is 102 Å². The molecule has 0 N–H and O–H groups in total. The van der Waals surface area contributed by atoms with Gasteiger partial charge in [-0.15, -0.1) is 0 Å². The molecule has 0 bridgehead atoms. The Kier molecular flexibility index (Phi) is 30.7. The number of nitrogens with zero attached hydrogens (tertiary/aromatic N) is 9. The monoisotopic (exact) mass is 1890 g/mol. The standard InChI is InChI=1S/C24H15ClF3N3O3S.C23H17F3N2O2S.C22H12F6N2O2S.C22H14F4N2O2S/c1-33-19-4-2-3-16(21(19)34-10-9-29)24-31(23(32)20-17(27)11-15(26)12-18(20)28)30-22(35-24)13-5-7-14(25)8-6-13;1-14-6-2-3-7-17(14)21(29)28-22(18-8-4-5-9-19(18)30-23(25)26)31-20(27-28)15-10-12-16(24)13-11-15;23-12-7-5-11(6-8-12)19-29-30(20(31)18-15(25)9-13(24)10-16(18)26)21(33-19)14-3-1-2-4-17(14)32-22(27)28;23-15-10-8-13(9-11-15)19-27-28(20(29)14-4-3-5-16(24)12-14)21(31-19)17-6-1-2-7-18(17)30-22(25)26/h2-8,11-12,24H,10H2,1H3;2-13,22-23H,1H3;1-10,21-22H;1-12,21-22H. The van der Waals surface area contributed by atoms with Crippen molar-refractivity contribution in [3.05, 3.63) is 396 Å². The molecule has 4 amide bonds. The highest BCUT2D eigenvalue weighted by Crippen LogP contribution is 2.52. The molecule has 0 aromatic heterocycles. The van der Waals surface area contributed by atoms with Gasteiger partial charge in [-0.25, -0.2) is 63.9 Å². The Hall–Kier alpha value is -13.7. The second kappa shape index (κ2) is 42.5. The summed E-state index contributed by atoms with van der Waals surface area (Å²) >= 11 is 10.3. The highest BCUT2D eigenvalue weighted by molar-refractivity contribution is 8.15. The van der Waals surface area contributed by atoms with Gasteiger partial charge in [-0.2, -0.15) is 52.0 Å². The number of hydrogen-bond acceptors (Lipinski definition) is 18. The number of benzene rings is 12. The van der Waals surface area contributed by atoms with Crippen LogP contribution < -0.4 is 23.7 Å². The first-order chi connectivity index (χ1) is 62.4. The van der Waals surface area contributed by atoms with Crippen molar-refractivity contribution in [3.63, 3.8) is 0 Å². The van der Waals surface area contributed by atoms with E-state index in [4.69, 9.17) is 26.3 Å². The lowest BCUT2D eigenvalue weighted by Crippen LogP contribution is -2.28. The van der Waals surface area contributed by atoms with E-state index in [1.807, 2.05) is 25.1 Å². The van der Waals surface area contributed by atoms with Crippen LogP contribution in [0.1, 0.15) is 113 Å². The van der Waals surface area contributed by atoms with Crippen LogP contribution in [0.15, 0.2) is 281 Å². The maximum Gasteiger partial charge on any atom is 0.387 e. The van der Waals surface area contributed by atoms with Gasteiger partial charge in [-0.3, -0.25) is 19.2 Å². The maximum atomic E-state index is 14.5. The van der Waals surface area contributed by atoms with Crippen LogP contribution in [0.4, 0.5) is 70.2 Å². The van der Waals surface area contributed by atoms with E-state index < -0.39 is 128 Å². The molecule has 18 nitrogen and oxygen atoms in total. The molecular formula is C91H58ClF16N9O9S4. The van der Waals surface area contributed by atoms with E-state index in [0.29, 0.717) is 93.9 Å². The average Bonchev–Trinajstić information content (AvgIpc) is 1.61. The number of ether oxygens (including phenoxy) is 5. The summed E-state index contributed by atoms with van der Waals surface area (Å²) in [5, 5.41) is 28.3. The van der Waals surface area contributed by atoms with Crippen LogP contribution in [0.2, 0.25) is 5.02 Å². The first kappa shape index (κ1) is 93.9. The van der Waals surface area contributed by atoms with E-state index in [0.717, 1.165) is 69.1 Å². The molecule has 0 radical (unpaired) electrons. The summed E-state index contributed by atoms with van der Waals surface area (Å²) in [6, 6.07) is 61.1. The molecule has 130 heavy (non-hydrogen) atoms. The summed E-state index contributed by atoms with van der Waals surface area (Å²) in [6.45, 7) is -7.75. The molecule has 12 aromatic rings. The van der Waals surface area contributed by atoms with Crippen molar-refractivity contribution in [2.24, 2.45) is 20.4 Å². The summed E-state index contributed by atoms with van der Waals surface area (Å²) < 4.78 is 240. The van der Waals surface area contributed by atoms with Gasteiger partial charge in [-0.1, -0.05) is 162 Å². The number of para-hydroxylation sites is 4. The number of methoxy groups -OCH3 is 1. The Bertz CT molecular complexity index is 6350. The van der Waals surface area contributed by atoms with E-state index in [9.17, 15) is 89.4 Å². The van der Waals surface area contributed by atoms with Crippen molar-refractivity contribution in [2.45, 2.75) is 48.3 Å².